The summed E-state index contributed by atoms with van der Waals surface area (Å²) >= 11 is 5.83. The van der Waals surface area contributed by atoms with Crippen molar-refractivity contribution >= 4 is 34.2 Å². The second-order valence-corrected chi connectivity index (χ2v) is 4.51. The van der Waals surface area contributed by atoms with Crippen LogP contribution in [0, 0.1) is 0 Å². The molecule has 5 nitrogen and oxygen atoms in total. The number of hydrogen-bond acceptors (Lipinski definition) is 4. The highest BCUT2D eigenvalue weighted by atomic mass is 35.5. The van der Waals surface area contributed by atoms with E-state index < -0.39 is 0 Å². The number of carbonyl (C=O) groups is 1. The van der Waals surface area contributed by atoms with Crippen LogP contribution >= 0.6 is 11.6 Å². The molecule has 3 rings (SSSR count). The van der Waals surface area contributed by atoms with Crippen molar-refractivity contribution in [1.82, 2.24) is 15.0 Å². The number of anilines is 1. The molecule has 0 radical (unpaired) electrons. The Balaban J connectivity index is 1.87. The Labute approximate surface area is 119 Å². The van der Waals surface area contributed by atoms with Gasteiger partial charge in [-0.3, -0.25) is 19.7 Å². The van der Waals surface area contributed by atoms with E-state index in [-0.39, 0.29) is 11.6 Å². The summed E-state index contributed by atoms with van der Waals surface area (Å²) in [5.41, 5.74) is 2.37. The molecule has 0 spiro atoms. The van der Waals surface area contributed by atoms with Gasteiger partial charge in [0.15, 0.2) is 0 Å². The maximum atomic E-state index is 12.0. The molecule has 2 aromatic heterocycles. The molecule has 0 aliphatic heterocycles. The molecule has 2 heterocycles. The number of rotatable bonds is 2. The topological polar surface area (TPSA) is 67.8 Å². The quantitative estimate of drug-likeness (QED) is 0.785. The minimum atomic E-state index is -0.323. The van der Waals surface area contributed by atoms with Gasteiger partial charge in [-0.15, -0.1) is 0 Å². The molecule has 0 fully saturated rings. The van der Waals surface area contributed by atoms with E-state index in [0.29, 0.717) is 16.2 Å². The Morgan fingerprint density at radius 1 is 0.950 bits per heavy atom. The molecule has 98 valence electrons. The van der Waals surface area contributed by atoms with Crippen molar-refractivity contribution in [3.8, 4) is 0 Å². The summed E-state index contributed by atoms with van der Waals surface area (Å²) in [6, 6.07) is 8.44. The standard InChI is InChI=1S/C14H9ClN4O/c15-9-3-4-16-13(7-9)14(20)19-10-1-2-11-12(8-10)18-6-5-17-11/h1-8H,(H,19,20). The van der Waals surface area contributed by atoms with Gasteiger partial charge >= 0.3 is 0 Å². The normalized spacial score (nSPS) is 10.4. The van der Waals surface area contributed by atoms with Gasteiger partial charge in [0.05, 0.1) is 11.0 Å². The summed E-state index contributed by atoms with van der Waals surface area (Å²) in [7, 11) is 0. The molecule has 1 N–H and O–H groups in total. The average molecular weight is 285 g/mol. The fourth-order valence-corrected chi connectivity index (χ4v) is 1.92. The van der Waals surface area contributed by atoms with Gasteiger partial charge < -0.3 is 5.32 Å². The SMILES string of the molecule is O=C(Nc1ccc2nccnc2c1)c1cc(Cl)ccn1. The van der Waals surface area contributed by atoms with Crippen molar-refractivity contribution in [2.24, 2.45) is 0 Å². The Bertz CT molecular complexity index is 791. The average Bonchev–Trinajstić information content (AvgIpc) is 2.47. The number of hydrogen-bond donors (Lipinski definition) is 1. The first-order chi connectivity index (χ1) is 9.72. The van der Waals surface area contributed by atoms with E-state index in [1.807, 2.05) is 0 Å². The molecular weight excluding hydrogens is 276 g/mol. The lowest BCUT2D eigenvalue weighted by atomic mass is 10.2. The fourth-order valence-electron chi connectivity index (χ4n) is 1.77. The second kappa shape index (κ2) is 5.22. The fraction of sp³-hybridized carbons (Fsp3) is 0. The van der Waals surface area contributed by atoms with Gasteiger partial charge in [-0.1, -0.05) is 11.6 Å². The van der Waals surface area contributed by atoms with E-state index in [4.69, 9.17) is 11.6 Å². The van der Waals surface area contributed by atoms with Crippen LogP contribution in [0.2, 0.25) is 5.02 Å². The maximum Gasteiger partial charge on any atom is 0.274 e. The molecule has 0 aliphatic rings. The van der Waals surface area contributed by atoms with Crippen molar-refractivity contribution in [3.63, 3.8) is 0 Å². The lowest BCUT2D eigenvalue weighted by Crippen LogP contribution is -2.13. The Kier molecular flexibility index (Phi) is 3.26. The predicted octanol–water partition coefficient (Wildman–Crippen LogP) is 2.93. The highest BCUT2D eigenvalue weighted by Crippen LogP contribution is 2.16. The highest BCUT2D eigenvalue weighted by Gasteiger charge is 2.08. The lowest BCUT2D eigenvalue weighted by Gasteiger charge is -2.05. The van der Waals surface area contributed by atoms with Gasteiger partial charge in [0.25, 0.3) is 5.91 Å². The molecule has 3 aromatic rings. The van der Waals surface area contributed by atoms with E-state index in [9.17, 15) is 4.79 Å². The number of amides is 1. The van der Waals surface area contributed by atoms with Crippen LogP contribution < -0.4 is 5.32 Å². The Hall–Kier alpha value is -2.53. The third-order valence-electron chi connectivity index (χ3n) is 2.68. The number of halogens is 1. The van der Waals surface area contributed by atoms with Gasteiger partial charge in [-0.2, -0.15) is 0 Å². The van der Waals surface area contributed by atoms with Crippen LogP contribution in [0.1, 0.15) is 10.5 Å². The number of nitrogens with one attached hydrogen (secondary N) is 1. The zero-order valence-electron chi connectivity index (χ0n) is 10.2. The van der Waals surface area contributed by atoms with E-state index in [1.54, 1.807) is 36.7 Å². The summed E-state index contributed by atoms with van der Waals surface area (Å²) in [5.74, 6) is -0.323. The summed E-state index contributed by atoms with van der Waals surface area (Å²) < 4.78 is 0. The first-order valence-corrected chi connectivity index (χ1v) is 6.24. The molecule has 6 heteroatoms. The number of nitrogens with zero attached hydrogens (tertiary/aromatic N) is 3. The summed E-state index contributed by atoms with van der Waals surface area (Å²) in [6.45, 7) is 0. The Morgan fingerprint density at radius 2 is 1.75 bits per heavy atom. The van der Waals surface area contributed by atoms with E-state index in [0.717, 1.165) is 5.52 Å². The monoisotopic (exact) mass is 284 g/mol. The first-order valence-electron chi connectivity index (χ1n) is 5.86. The number of pyridine rings is 1. The smallest absolute Gasteiger partial charge is 0.274 e. The highest BCUT2D eigenvalue weighted by molar-refractivity contribution is 6.30. The second-order valence-electron chi connectivity index (χ2n) is 4.07. The number of carbonyl (C=O) groups excluding carboxylic acids is 1. The molecule has 0 aliphatic carbocycles. The van der Waals surface area contributed by atoms with Gasteiger partial charge in [0, 0.05) is 29.3 Å². The summed E-state index contributed by atoms with van der Waals surface area (Å²) in [6.07, 6.45) is 4.71. The lowest BCUT2D eigenvalue weighted by molar-refractivity contribution is 0.102. The van der Waals surface area contributed by atoms with Crippen molar-refractivity contribution in [1.29, 1.82) is 0 Å². The third kappa shape index (κ3) is 2.57. The van der Waals surface area contributed by atoms with Crippen LogP contribution in [-0.4, -0.2) is 20.9 Å². The molecule has 0 atom stereocenters. The number of benzene rings is 1. The van der Waals surface area contributed by atoms with Crippen LogP contribution in [0.5, 0.6) is 0 Å². The van der Waals surface area contributed by atoms with E-state index >= 15 is 0 Å². The van der Waals surface area contributed by atoms with Crippen molar-refractivity contribution < 1.29 is 4.79 Å². The van der Waals surface area contributed by atoms with Crippen LogP contribution in [0.4, 0.5) is 5.69 Å². The van der Waals surface area contributed by atoms with Crippen LogP contribution in [0.3, 0.4) is 0 Å². The van der Waals surface area contributed by atoms with Gasteiger partial charge in [0.1, 0.15) is 5.69 Å². The summed E-state index contributed by atoms with van der Waals surface area (Å²) in [5, 5.41) is 3.22. The predicted molar refractivity (Wildman–Crippen MR) is 76.7 cm³/mol. The third-order valence-corrected chi connectivity index (χ3v) is 2.92. The van der Waals surface area contributed by atoms with Gasteiger partial charge in [0.2, 0.25) is 0 Å². The molecule has 1 amide bonds. The Morgan fingerprint density at radius 3 is 2.55 bits per heavy atom. The van der Waals surface area contributed by atoms with E-state index in [1.165, 1.54) is 12.3 Å². The van der Waals surface area contributed by atoms with Crippen LogP contribution in [-0.2, 0) is 0 Å². The number of aromatic nitrogens is 3. The van der Waals surface area contributed by atoms with Crippen molar-refractivity contribution in [2.45, 2.75) is 0 Å². The molecule has 0 unspecified atom stereocenters. The molecular formula is C14H9ClN4O. The largest absolute Gasteiger partial charge is 0.321 e. The number of fused-ring (bicyclic) bond motifs is 1. The van der Waals surface area contributed by atoms with Crippen LogP contribution in [0.15, 0.2) is 48.9 Å². The molecule has 0 saturated carbocycles. The van der Waals surface area contributed by atoms with Crippen molar-refractivity contribution in [3.05, 3.63) is 59.6 Å². The summed E-state index contributed by atoms with van der Waals surface area (Å²) in [4.78, 5) is 24.4. The van der Waals surface area contributed by atoms with Crippen molar-refractivity contribution in [2.75, 3.05) is 5.32 Å². The minimum absolute atomic E-state index is 0.261. The zero-order valence-corrected chi connectivity index (χ0v) is 11.0. The molecule has 0 bridgehead atoms. The molecule has 20 heavy (non-hydrogen) atoms. The minimum Gasteiger partial charge on any atom is -0.321 e. The zero-order chi connectivity index (χ0) is 13.9. The molecule has 0 saturated heterocycles. The van der Waals surface area contributed by atoms with Gasteiger partial charge in [-0.25, -0.2) is 0 Å². The molecule has 1 aromatic carbocycles. The van der Waals surface area contributed by atoms with Gasteiger partial charge in [-0.05, 0) is 30.3 Å². The first kappa shape index (κ1) is 12.5. The van der Waals surface area contributed by atoms with E-state index in [2.05, 4.69) is 20.3 Å². The van der Waals surface area contributed by atoms with Crippen LogP contribution in [0.25, 0.3) is 11.0 Å². The maximum absolute atomic E-state index is 12.0.